The molecular weight excluding hydrogens is 530 g/mol. The second-order valence-electron chi connectivity index (χ2n) is 6.00. The van der Waals surface area contributed by atoms with E-state index in [1.54, 1.807) is 0 Å². The minimum Gasteiger partial charge on any atom is -0.356 e. The first-order valence-electron chi connectivity index (χ1n) is 8.99. The quantitative estimate of drug-likeness (QED) is 0.230. The number of hydrogen-bond donors (Lipinski definition) is 4. The van der Waals surface area contributed by atoms with Gasteiger partial charge in [0.1, 0.15) is 0 Å². The van der Waals surface area contributed by atoms with Crippen LogP contribution in [0.4, 0.5) is 0 Å². The fourth-order valence-electron chi connectivity index (χ4n) is 2.76. The van der Waals surface area contributed by atoms with Crippen molar-refractivity contribution in [2.45, 2.75) is 51.4 Å². The van der Waals surface area contributed by atoms with Gasteiger partial charge in [-0.05, 0) is 12.8 Å². The minimum absolute atomic E-state index is 0. The Morgan fingerprint density at radius 2 is 1.00 bits per heavy atom. The molecule has 24 heavy (non-hydrogen) atoms. The van der Waals surface area contributed by atoms with Crippen molar-refractivity contribution in [3.05, 3.63) is 0 Å². The van der Waals surface area contributed by atoms with E-state index in [0.29, 0.717) is 0 Å². The molecule has 0 atom stereocenters. The lowest BCUT2D eigenvalue weighted by Gasteiger charge is -2.07. The molecule has 0 fully saturated rings. The molecule has 4 N–H and O–H groups in total. The van der Waals surface area contributed by atoms with Crippen LogP contribution in [-0.4, -0.2) is 51.2 Å². The minimum atomic E-state index is 0. The third-order valence-electron chi connectivity index (χ3n) is 4.04. The van der Waals surface area contributed by atoms with Crippen LogP contribution in [-0.2, 0) is 0 Å². The fraction of sp³-hybridized carbons (Fsp3) is 0.875. The molecule has 0 spiro atoms. The first-order valence-corrected chi connectivity index (χ1v) is 8.99. The summed E-state index contributed by atoms with van der Waals surface area (Å²) in [6.07, 6.45) is 10.6. The van der Waals surface area contributed by atoms with Crippen LogP contribution in [0.1, 0.15) is 51.4 Å². The van der Waals surface area contributed by atoms with Crippen molar-refractivity contribution in [2.24, 2.45) is 9.98 Å². The van der Waals surface area contributed by atoms with Gasteiger partial charge in [-0.15, -0.1) is 48.0 Å². The molecule has 2 aliphatic rings. The van der Waals surface area contributed by atoms with Gasteiger partial charge in [0.15, 0.2) is 11.9 Å². The van der Waals surface area contributed by atoms with Crippen LogP contribution in [0.3, 0.4) is 0 Å². The van der Waals surface area contributed by atoms with Crippen LogP contribution >= 0.6 is 48.0 Å². The predicted octanol–water partition coefficient (Wildman–Crippen LogP) is 2.44. The Kier molecular flexibility index (Phi) is 16.5. The maximum absolute atomic E-state index is 4.32. The first kappa shape index (κ1) is 24.0. The van der Waals surface area contributed by atoms with E-state index >= 15 is 0 Å². The number of guanidine groups is 2. The number of unbranched alkanes of at least 4 members (excludes halogenated alkanes) is 7. The third kappa shape index (κ3) is 11.5. The van der Waals surface area contributed by atoms with Gasteiger partial charge in [-0.1, -0.05) is 38.5 Å². The summed E-state index contributed by atoms with van der Waals surface area (Å²) in [4.78, 5) is 8.64. The van der Waals surface area contributed by atoms with Crippen molar-refractivity contribution in [1.82, 2.24) is 21.3 Å². The van der Waals surface area contributed by atoms with Gasteiger partial charge in [-0.25, -0.2) is 0 Å². The van der Waals surface area contributed by atoms with Crippen LogP contribution < -0.4 is 21.3 Å². The number of halogens is 2. The third-order valence-corrected chi connectivity index (χ3v) is 4.04. The molecule has 0 saturated heterocycles. The molecule has 0 amide bonds. The summed E-state index contributed by atoms with van der Waals surface area (Å²) >= 11 is 0. The summed E-state index contributed by atoms with van der Waals surface area (Å²) in [6.45, 7) is 5.92. The number of nitrogens with zero attached hydrogens (tertiary/aromatic N) is 2. The molecule has 142 valence electrons. The molecule has 0 aromatic carbocycles. The van der Waals surface area contributed by atoms with Crippen molar-refractivity contribution in [3.63, 3.8) is 0 Å². The van der Waals surface area contributed by atoms with Crippen LogP contribution in [0.15, 0.2) is 9.98 Å². The molecule has 0 unspecified atom stereocenters. The maximum Gasteiger partial charge on any atom is 0.191 e. The van der Waals surface area contributed by atoms with Gasteiger partial charge in [0.05, 0.1) is 13.1 Å². The molecule has 0 aromatic rings. The van der Waals surface area contributed by atoms with Crippen LogP contribution in [0, 0.1) is 0 Å². The summed E-state index contributed by atoms with van der Waals surface area (Å²) in [5, 5.41) is 13.2. The summed E-state index contributed by atoms with van der Waals surface area (Å²) in [5.41, 5.74) is 0. The number of aliphatic imine (C=N–C) groups is 2. The lowest BCUT2D eigenvalue weighted by atomic mass is 10.1. The topological polar surface area (TPSA) is 72.8 Å². The average molecular weight is 564 g/mol. The molecule has 0 bridgehead atoms. The van der Waals surface area contributed by atoms with Gasteiger partial charge in [-0.2, -0.15) is 0 Å². The summed E-state index contributed by atoms with van der Waals surface area (Å²) < 4.78 is 0. The Morgan fingerprint density at radius 1 is 0.625 bits per heavy atom. The lowest BCUT2D eigenvalue weighted by Crippen LogP contribution is -2.34. The summed E-state index contributed by atoms with van der Waals surface area (Å²) in [5.74, 6) is 1.99. The van der Waals surface area contributed by atoms with E-state index in [4.69, 9.17) is 0 Å². The van der Waals surface area contributed by atoms with E-state index in [-0.39, 0.29) is 48.0 Å². The van der Waals surface area contributed by atoms with E-state index < -0.39 is 0 Å². The van der Waals surface area contributed by atoms with E-state index in [1.807, 2.05) is 0 Å². The molecular formula is C16H34I2N6. The molecule has 0 saturated carbocycles. The van der Waals surface area contributed by atoms with Crippen molar-refractivity contribution in [1.29, 1.82) is 0 Å². The van der Waals surface area contributed by atoms with Crippen LogP contribution in [0.2, 0.25) is 0 Å². The number of nitrogens with one attached hydrogen (secondary N) is 4. The zero-order valence-electron chi connectivity index (χ0n) is 14.6. The molecule has 0 radical (unpaired) electrons. The van der Waals surface area contributed by atoms with E-state index in [1.165, 1.54) is 51.4 Å². The van der Waals surface area contributed by atoms with Crippen LogP contribution in [0.25, 0.3) is 0 Å². The Labute approximate surface area is 180 Å². The highest BCUT2D eigenvalue weighted by molar-refractivity contribution is 14.0. The van der Waals surface area contributed by atoms with E-state index in [0.717, 1.165) is 51.2 Å². The van der Waals surface area contributed by atoms with Gasteiger partial charge < -0.3 is 21.3 Å². The van der Waals surface area contributed by atoms with Crippen molar-refractivity contribution in [2.75, 3.05) is 39.3 Å². The predicted molar refractivity (Wildman–Crippen MR) is 124 cm³/mol. The normalized spacial score (nSPS) is 15.3. The van der Waals surface area contributed by atoms with Crippen molar-refractivity contribution < 1.29 is 0 Å². The smallest absolute Gasteiger partial charge is 0.191 e. The summed E-state index contributed by atoms with van der Waals surface area (Å²) in [6, 6.07) is 0. The molecule has 0 aliphatic carbocycles. The van der Waals surface area contributed by atoms with Crippen molar-refractivity contribution in [3.8, 4) is 0 Å². The highest BCUT2D eigenvalue weighted by atomic mass is 127. The van der Waals surface area contributed by atoms with Gasteiger partial charge in [0, 0.05) is 26.2 Å². The fourth-order valence-corrected chi connectivity index (χ4v) is 2.76. The number of rotatable bonds is 11. The largest absolute Gasteiger partial charge is 0.356 e. The second kappa shape index (κ2) is 16.5. The zero-order valence-corrected chi connectivity index (χ0v) is 19.3. The standard InChI is InChI=1S/C16H32N6.2HI/c1(3-5-7-9-17-15-19-11-12-20-15)2-4-6-8-10-18-16-21-13-14-22-16;;/h1-14H2,(H2,17,19,20)(H2,18,21,22);2*1H. The molecule has 6 nitrogen and oxygen atoms in total. The first-order chi connectivity index (χ1) is 10.9. The zero-order chi connectivity index (χ0) is 15.3. The molecule has 0 aromatic heterocycles. The number of hydrogen-bond acceptors (Lipinski definition) is 6. The Balaban J connectivity index is 0.00000264. The van der Waals surface area contributed by atoms with E-state index in [2.05, 4.69) is 31.3 Å². The van der Waals surface area contributed by atoms with Gasteiger partial charge in [-0.3, -0.25) is 9.98 Å². The monoisotopic (exact) mass is 564 g/mol. The molecule has 8 heteroatoms. The Morgan fingerprint density at radius 3 is 1.33 bits per heavy atom. The Bertz CT molecular complexity index is 328. The maximum atomic E-state index is 4.32. The van der Waals surface area contributed by atoms with Gasteiger partial charge >= 0.3 is 0 Å². The SMILES string of the molecule is C(CCCCCNC1=NCCN1)CCCCNC1=NCCN1.I.I. The second-order valence-corrected chi connectivity index (χ2v) is 6.00. The summed E-state index contributed by atoms with van der Waals surface area (Å²) in [7, 11) is 0. The van der Waals surface area contributed by atoms with Crippen LogP contribution in [0.5, 0.6) is 0 Å². The van der Waals surface area contributed by atoms with Crippen molar-refractivity contribution >= 4 is 59.9 Å². The highest BCUT2D eigenvalue weighted by Gasteiger charge is 2.03. The molecule has 2 rings (SSSR count). The highest BCUT2D eigenvalue weighted by Crippen LogP contribution is 2.08. The Hall–Kier alpha value is 0. The average Bonchev–Trinajstić information content (AvgIpc) is 3.21. The van der Waals surface area contributed by atoms with Gasteiger partial charge in [0.2, 0.25) is 0 Å². The van der Waals surface area contributed by atoms with E-state index in [9.17, 15) is 0 Å². The van der Waals surface area contributed by atoms with Gasteiger partial charge in [0.25, 0.3) is 0 Å². The molecule has 2 heterocycles. The molecule has 2 aliphatic heterocycles. The lowest BCUT2D eigenvalue weighted by molar-refractivity contribution is 0.562.